The van der Waals surface area contributed by atoms with E-state index in [9.17, 15) is 8.42 Å². The SMILES string of the molecule is CC(C)c1ccc(S(=O)(=O)Nc2nccnc2Cl)cc1. The molecule has 1 heterocycles. The Labute approximate surface area is 123 Å². The molecule has 20 heavy (non-hydrogen) atoms. The highest BCUT2D eigenvalue weighted by atomic mass is 35.5. The van der Waals surface area contributed by atoms with E-state index < -0.39 is 10.0 Å². The lowest BCUT2D eigenvalue weighted by Gasteiger charge is -2.09. The quantitative estimate of drug-likeness (QED) is 0.942. The summed E-state index contributed by atoms with van der Waals surface area (Å²) in [4.78, 5) is 7.78. The molecule has 0 unspecified atom stereocenters. The second kappa shape index (κ2) is 5.76. The van der Waals surface area contributed by atoms with E-state index in [1.165, 1.54) is 12.4 Å². The molecule has 7 heteroatoms. The number of anilines is 1. The van der Waals surface area contributed by atoms with Crippen LogP contribution in [0.4, 0.5) is 5.82 Å². The fourth-order valence-electron chi connectivity index (χ4n) is 1.61. The Bertz CT molecular complexity index is 700. The van der Waals surface area contributed by atoms with Gasteiger partial charge in [-0.1, -0.05) is 37.6 Å². The highest BCUT2D eigenvalue weighted by molar-refractivity contribution is 7.92. The lowest BCUT2D eigenvalue weighted by atomic mass is 10.0. The van der Waals surface area contributed by atoms with Crippen LogP contribution in [0.5, 0.6) is 0 Å². The molecule has 0 bridgehead atoms. The predicted molar refractivity (Wildman–Crippen MR) is 78.4 cm³/mol. The fraction of sp³-hybridized carbons (Fsp3) is 0.231. The molecule has 0 aliphatic heterocycles. The normalized spacial score (nSPS) is 11.6. The zero-order valence-electron chi connectivity index (χ0n) is 11.0. The molecule has 1 aromatic heterocycles. The highest BCUT2D eigenvalue weighted by Crippen LogP contribution is 2.21. The van der Waals surface area contributed by atoms with Crippen molar-refractivity contribution < 1.29 is 8.42 Å². The number of aromatic nitrogens is 2. The largest absolute Gasteiger partial charge is 0.263 e. The van der Waals surface area contributed by atoms with Crippen LogP contribution < -0.4 is 4.72 Å². The van der Waals surface area contributed by atoms with Crippen molar-refractivity contribution in [3.05, 3.63) is 47.4 Å². The van der Waals surface area contributed by atoms with Crippen LogP contribution >= 0.6 is 11.6 Å². The molecule has 5 nitrogen and oxygen atoms in total. The molecule has 106 valence electrons. The zero-order chi connectivity index (χ0) is 14.8. The Morgan fingerprint density at radius 3 is 2.25 bits per heavy atom. The van der Waals surface area contributed by atoms with Crippen LogP contribution in [0.2, 0.25) is 5.15 Å². The minimum atomic E-state index is -3.72. The van der Waals surface area contributed by atoms with Gasteiger partial charge in [0.2, 0.25) is 0 Å². The lowest BCUT2D eigenvalue weighted by Crippen LogP contribution is -2.14. The Hall–Kier alpha value is -1.66. The molecule has 0 fully saturated rings. The van der Waals surface area contributed by atoms with E-state index in [1.54, 1.807) is 24.3 Å². The second-order valence-electron chi connectivity index (χ2n) is 4.52. The maximum atomic E-state index is 12.2. The minimum absolute atomic E-state index is 0.00914. The van der Waals surface area contributed by atoms with Crippen molar-refractivity contribution in [2.24, 2.45) is 0 Å². The van der Waals surface area contributed by atoms with Crippen molar-refractivity contribution in [1.82, 2.24) is 9.97 Å². The van der Waals surface area contributed by atoms with Crippen LogP contribution in [0.3, 0.4) is 0 Å². The van der Waals surface area contributed by atoms with Crippen LogP contribution in [0.1, 0.15) is 25.3 Å². The lowest BCUT2D eigenvalue weighted by molar-refractivity contribution is 0.601. The van der Waals surface area contributed by atoms with E-state index in [0.29, 0.717) is 5.92 Å². The number of sulfonamides is 1. The smallest absolute Gasteiger partial charge is 0.261 e. The van der Waals surface area contributed by atoms with E-state index in [-0.39, 0.29) is 15.9 Å². The number of hydrogen-bond acceptors (Lipinski definition) is 4. The molecular formula is C13H14ClN3O2S. The first-order valence-corrected chi connectivity index (χ1v) is 7.85. The second-order valence-corrected chi connectivity index (χ2v) is 6.57. The van der Waals surface area contributed by atoms with E-state index in [1.807, 2.05) is 13.8 Å². The van der Waals surface area contributed by atoms with Crippen molar-refractivity contribution in [2.45, 2.75) is 24.7 Å². The summed E-state index contributed by atoms with van der Waals surface area (Å²) in [5.41, 5.74) is 1.07. The van der Waals surface area contributed by atoms with Crippen LogP contribution in [0, 0.1) is 0 Å². The standard InChI is InChI=1S/C13H14ClN3O2S/c1-9(2)10-3-5-11(6-4-10)20(18,19)17-13-12(14)15-7-8-16-13/h3-9H,1-2H3,(H,16,17). The molecule has 0 atom stereocenters. The monoisotopic (exact) mass is 311 g/mol. The summed E-state index contributed by atoms with van der Waals surface area (Å²) in [6.45, 7) is 4.09. The van der Waals surface area contributed by atoms with Gasteiger partial charge in [-0.25, -0.2) is 18.4 Å². The summed E-state index contributed by atoms with van der Waals surface area (Å²) in [5, 5.41) is 0.00914. The molecule has 0 saturated heterocycles. The number of halogens is 1. The topological polar surface area (TPSA) is 72.0 Å². The number of nitrogens with zero attached hydrogens (tertiary/aromatic N) is 2. The Morgan fingerprint density at radius 1 is 1.10 bits per heavy atom. The van der Waals surface area contributed by atoms with Gasteiger partial charge in [-0.15, -0.1) is 0 Å². The van der Waals surface area contributed by atoms with Gasteiger partial charge in [0.25, 0.3) is 10.0 Å². The molecule has 0 saturated carbocycles. The highest BCUT2D eigenvalue weighted by Gasteiger charge is 2.17. The summed E-state index contributed by atoms with van der Waals surface area (Å²) in [6.07, 6.45) is 2.75. The van der Waals surface area contributed by atoms with Gasteiger partial charge in [-0.3, -0.25) is 4.72 Å². The van der Waals surface area contributed by atoms with Gasteiger partial charge in [0.05, 0.1) is 4.90 Å². The number of hydrogen-bond donors (Lipinski definition) is 1. The predicted octanol–water partition coefficient (Wildman–Crippen LogP) is 3.05. The molecule has 0 radical (unpaired) electrons. The molecule has 0 amide bonds. The third kappa shape index (κ3) is 3.26. The molecular weight excluding hydrogens is 298 g/mol. The van der Waals surface area contributed by atoms with Crippen molar-refractivity contribution in [1.29, 1.82) is 0 Å². The zero-order valence-corrected chi connectivity index (χ0v) is 12.6. The first-order valence-electron chi connectivity index (χ1n) is 5.99. The first kappa shape index (κ1) is 14.7. The fourth-order valence-corrected chi connectivity index (χ4v) is 2.83. The van der Waals surface area contributed by atoms with Gasteiger partial charge in [0, 0.05) is 12.4 Å². The molecule has 0 aliphatic carbocycles. The summed E-state index contributed by atoms with van der Waals surface area (Å²) < 4.78 is 26.7. The molecule has 2 rings (SSSR count). The summed E-state index contributed by atoms with van der Waals surface area (Å²) in [5.74, 6) is 0.358. The van der Waals surface area contributed by atoms with E-state index in [2.05, 4.69) is 14.7 Å². The molecule has 1 aromatic carbocycles. The van der Waals surface area contributed by atoms with E-state index >= 15 is 0 Å². The van der Waals surface area contributed by atoms with Gasteiger partial charge >= 0.3 is 0 Å². The van der Waals surface area contributed by atoms with Crippen molar-refractivity contribution in [3.8, 4) is 0 Å². The average Bonchev–Trinajstić information content (AvgIpc) is 2.41. The Morgan fingerprint density at radius 2 is 1.70 bits per heavy atom. The Balaban J connectivity index is 2.29. The van der Waals surface area contributed by atoms with Crippen molar-refractivity contribution in [2.75, 3.05) is 4.72 Å². The summed E-state index contributed by atoms with van der Waals surface area (Å²) in [7, 11) is -3.72. The van der Waals surface area contributed by atoms with Gasteiger partial charge in [0.1, 0.15) is 0 Å². The average molecular weight is 312 g/mol. The number of nitrogens with one attached hydrogen (secondary N) is 1. The minimum Gasteiger partial charge on any atom is -0.261 e. The van der Waals surface area contributed by atoms with Crippen LogP contribution in [0.15, 0.2) is 41.6 Å². The van der Waals surface area contributed by atoms with Crippen molar-refractivity contribution in [3.63, 3.8) is 0 Å². The van der Waals surface area contributed by atoms with Crippen molar-refractivity contribution >= 4 is 27.4 Å². The Kier molecular flexibility index (Phi) is 4.25. The third-order valence-corrected chi connectivity index (χ3v) is 4.37. The summed E-state index contributed by atoms with van der Waals surface area (Å²) >= 11 is 5.78. The molecule has 1 N–H and O–H groups in total. The molecule has 2 aromatic rings. The van der Waals surface area contributed by atoms with Gasteiger partial charge in [-0.05, 0) is 23.6 Å². The van der Waals surface area contributed by atoms with Gasteiger partial charge < -0.3 is 0 Å². The van der Waals surface area contributed by atoms with E-state index in [4.69, 9.17) is 11.6 Å². The maximum absolute atomic E-state index is 12.2. The maximum Gasteiger partial charge on any atom is 0.263 e. The van der Waals surface area contributed by atoms with E-state index in [0.717, 1.165) is 5.56 Å². The molecule has 0 spiro atoms. The summed E-state index contributed by atoms with van der Waals surface area (Å²) in [6, 6.07) is 6.69. The van der Waals surface area contributed by atoms with Crippen LogP contribution in [0.25, 0.3) is 0 Å². The van der Waals surface area contributed by atoms with Gasteiger partial charge in [-0.2, -0.15) is 0 Å². The number of benzene rings is 1. The van der Waals surface area contributed by atoms with Gasteiger partial charge in [0.15, 0.2) is 11.0 Å². The number of rotatable bonds is 4. The van der Waals surface area contributed by atoms with Crippen LogP contribution in [-0.2, 0) is 10.0 Å². The third-order valence-electron chi connectivity index (χ3n) is 2.74. The first-order chi connectivity index (χ1) is 9.40. The molecule has 0 aliphatic rings. The van der Waals surface area contributed by atoms with Crippen LogP contribution in [-0.4, -0.2) is 18.4 Å².